The second-order valence-corrected chi connectivity index (χ2v) is 5.39. The fraction of sp³-hybridized carbons (Fsp3) is 0.467. The van der Waals surface area contributed by atoms with Gasteiger partial charge in [0.05, 0.1) is 5.92 Å². The number of hydrogen-bond donors (Lipinski definition) is 2. The predicted octanol–water partition coefficient (Wildman–Crippen LogP) is 1.46. The topological polar surface area (TPSA) is 75.6 Å². The largest absolute Gasteiger partial charge is 0.492 e. The molecule has 1 amide bonds. The van der Waals surface area contributed by atoms with Crippen LogP contribution in [0.25, 0.3) is 0 Å². The summed E-state index contributed by atoms with van der Waals surface area (Å²) >= 11 is 0. The van der Waals surface area contributed by atoms with E-state index in [1.165, 1.54) is 0 Å². The number of para-hydroxylation sites is 1. The number of carboxylic acids is 1. The van der Waals surface area contributed by atoms with Gasteiger partial charge in [-0.2, -0.15) is 0 Å². The lowest BCUT2D eigenvalue weighted by Gasteiger charge is -2.26. The maximum atomic E-state index is 12.2. The van der Waals surface area contributed by atoms with Gasteiger partial charge >= 0.3 is 5.97 Å². The minimum absolute atomic E-state index is 0.159. The van der Waals surface area contributed by atoms with E-state index in [0.717, 1.165) is 11.3 Å². The fourth-order valence-corrected chi connectivity index (χ4v) is 2.28. The molecule has 0 saturated carbocycles. The van der Waals surface area contributed by atoms with Crippen LogP contribution in [-0.4, -0.2) is 29.6 Å². The average molecular weight is 277 g/mol. The fourth-order valence-electron chi connectivity index (χ4n) is 2.28. The number of carbonyl (C=O) groups is 2. The average Bonchev–Trinajstić information content (AvgIpc) is 2.43. The zero-order valence-electron chi connectivity index (χ0n) is 11.6. The van der Waals surface area contributed by atoms with E-state index < -0.39 is 12.0 Å². The number of aliphatic carboxylic acids is 1. The molecule has 1 heterocycles. The Balaban J connectivity index is 2.03. The van der Waals surface area contributed by atoms with Gasteiger partial charge in [0.15, 0.2) is 0 Å². The molecule has 1 aromatic carbocycles. The first-order valence-electron chi connectivity index (χ1n) is 6.73. The smallest absolute Gasteiger partial charge is 0.326 e. The number of rotatable bonds is 4. The van der Waals surface area contributed by atoms with Gasteiger partial charge in [-0.3, -0.25) is 4.79 Å². The van der Waals surface area contributed by atoms with Crippen LogP contribution in [0.4, 0.5) is 0 Å². The monoisotopic (exact) mass is 277 g/mol. The minimum atomic E-state index is -1.01. The SMILES string of the molecule is CC(C)[C@@H](NC(=O)C1COc2ccccc2C1)C(=O)O. The van der Waals surface area contributed by atoms with Gasteiger partial charge in [-0.1, -0.05) is 32.0 Å². The highest BCUT2D eigenvalue weighted by Gasteiger charge is 2.30. The van der Waals surface area contributed by atoms with Crippen LogP contribution in [-0.2, 0) is 16.0 Å². The summed E-state index contributed by atoms with van der Waals surface area (Å²) in [6.45, 7) is 3.82. The summed E-state index contributed by atoms with van der Waals surface area (Å²) in [4.78, 5) is 23.3. The van der Waals surface area contributed by atoms with Gasteiger partial charge in [0, 0.05) is 0 Å². The number of carbonyl (C=O) groups excluding carboxylic acids is 1. The Morgan fingerprint density at radius 3 is 2.70 bits per heavy atom. The summed E-state index contributed by atoms with van der Waals surface area (Å²) in [5.74, 6) is -0.972. The third-order valence-corrected chi connectivity index (χ3v) is 3.48. The van der Waals surface area contributed by atoms with Crippen molar-refractivity contribution >= 4 is 11.9 Å². The molecule has 0 fully saturated rings. The molecule has 2 N–H and O–H groups in total. The number of ether oxygens (including phenoxy) is 1. The summed E-state index contributed by atoms with van der Waals surface area (Å²) in [5.41, 5.74) is 0.982. The lowest BCUT2D eigenvalue weighted by Crippen LogP contribution is -2.48. The molecule has 0 aromatic heterocycles. The molecule has 0 radical (unpaired) electrons. The highest BCUT2D eigenvalue weighted by Crippen LogP contribution is 2.26. The molecule has 5 heteroatoms. The lowest BCUT2D eigenvalue weighted by molar-refractivity contribution is -0.144. The van der Waals surface area contributed by atoms with E-state index in [9.17, 15) is 9.59 Å². The minimum Gasteiger partial charge on any atom is -0.492 e. The Hall–Kier alpha value is -2.04. The summed E-state index contributed by atoms with van der Waals surface area (Å²) in [6, 6.07) is 6.72. The first kappa shape index (κ1) is 14.4. The third kappa shape index (κ3) is 3.10. The Bertz CT molecular complexity index is 512. The quantitative estimate of drug-likeness (QED) is 0.873. The standard InChI is InChI=1S/C15H19NO4/c1-9(2)13(15(18)19)16-14(17)11-7-10-5-3-4-6-12(10)20-8-11/h3-6,9,11,13H,7-8H2,1-2H3,(H,16,17)(H,18,19)/t11?,13-/m1/s1. The van der Waals surface area contributed by atoms with Crippen LogP contribution < -0.4 is 10.1 Å². The van der Waals surface area contributed by atoms with Crippen molar-refractivity contribution in [2.24, 2.45) is 11.8 Å². The van der Waals surface area contributed by atoms with Crippen LogP contribution in [0.5, 0.6) is 5.75 Å². The van der Waals surface area contributed by atoms with Gasteiger partial charge in [-0.15, -0.1) is 0 Å². The molecule has 1 aromatic rings. The Kier molecular flexibility index (Phi) is 4.27. The van der Waals surface area contributed by atoms with Gasteiger partial charge in [-0.25, -0.2) is 4.79 Å². The van der Waals surface area contributed by atoms with Crippen LogP contribution in [0.2, 0.25) is 0 Å². The van der Waals surface area contributed by atoms with Crippen molar-refractivity contribution in [2.75, 3.05) is 6.61 Å². The van der Waals surface area contributed by atoms with Crippen molar-refractivity contribution in [3.63, 3.8) is 0 Å². The second-order valence-electron chi connectivity index (χ2n) is 5.39. The molecule has 2 atom stereocenters. The molecule has 0 bridgehead atoms. The maximum Gasteiger partial charge on any atom is 0.326 e. The van der Waals surface area contributed by atoms with Gasteiger partial charge < -0.3 is 15.2 Å². The molecule has 0 saturated heterocycles. The van der Waals surface area contributed by atoms with Gasteiger partial charge in [0.2, 0.25) is 5.91 Å². The Morgan fingerprint density at radius 2 is 2.05 bits per heavy atom. The van der Waals surface area contributed by atoms with Crippen molar-refractivity contribution < 1.29 is 19.4 Å². The number of carboxylic acid groups (broad SMARTS) is 1. The Morgan fingerprint density at radius 1 is 1.35 bits per heavy atom. The zero-order valence-corrected chi connectivity index (χ0v) is 11.6. The molecule has 20 heavy (non-hydrogen) atoms. The first-order chi connectivity index (χ1) is 9.49. The molecule has 108 valence electrons. The third-order valence-electron chi connectivity index (χ3n) is 3.48. The van der Waals surface area contributed by atoms with Crippen LogP contribution >= 0.6 is 0 Å². The van der Waals surface area contributed by atoms with Crippen molar-refractivity contribution in [2.45, 2.75) is 26.3 Å². The van der Waals surface area contributed by atoms with Gasteiger partial charge in [0.25, 0.3) is 0 Å². The maximum absolute atomic E-state index is 12.2. The van der Waals surface area contributed by atoms with Gasteiger partial charge in [0.1, 0.15) is 18.4 Å². The highest BCUT2D eigenvalue weighted by molar-refractivity contribution is 5.85. The molecular weight excluding hydrogens is 258 g/mol. The molecule has 1 aliphatic rings. The predicted molar refractivity (Wildman–Crippen MR) is 73.5 cm³/mol. The van der Waals surface area contributed by atoms with E-state index in [-0.39, 0.29) is 24.3 Å². The molecular formula is C15H19NO4. The van der Waals surface area contributed by atoms with Crippen molar-refractivity contribution in [3.8, 4) is 5.75 Å². The number of fused-ring (bicyclic) bond motifs is 1. The molecule has 1 unspecified atom stereocenters. The lowest BCUT2D eigenvalue weighted by atomic mass is 9.95. The van der Waals surface area contributed by atoms with Crippen molar-refractivity contribution in [1.82, 2.24) is 5.32 Å². The van der Waals surface area contributed by atoms with E-state index in [1.807, 2.05) is 24.3 Å². The summed E-state index contributed by atoms with van der Waals surface area (Å²) < 4.78 is 5.55. The molecule has 2 rings (SSSR count). The van der Waals surface area contributed by atoms with E-state index in [2.05, 4.69) is 5.32 Å². The van der Waals surface area contributed by atoms with E-state index in [4.69, 9.17) is 9.84 Å². The van der Waals surface area contributed by atoms with Crippen LogP contribution in [0, 0.1) is 11.8 Å². The van der Waals surface area contributed by atoms with Crippen LogP contribution in [0.3, 0.4) is 0 Å². The molecule has 5 nitrogen and oxygen atoms in total. The Labute approximate surface area is 117 Å². The number of amides is 1. The van der Waals surface area contributed by atoms with Crippen LogP contribution in [0.1, 0.15) is 19.4 Å². The zero-order chi connectivity index (χ0) is 14.7. The number of hydrogen-bond acceptors (Lipinski definition) is 3. The van der Waals surface area contributed by atoms with Crippen LogP contribution in [0.15, 0.2) is 24.3 Å². The van der Waals surface area contributed by atoms with E-state index >= 15 is 0 Å². The van der Waals surface area contributed by atoms with Gasteiger partial charge in [-0.05, 0) is 24.0 Å². The highest BCUT2D eigenvalue weighted by atomic mass is 16.5. The summed E-state index contributed by atoms with van der Waals surface area (Å²) in [7, 11) is 0. The molecule has 0 aliphatic carbocycles. The molecule has 0 spiro atoms. The van der Waals surface area contributed by atoms with Crippen molar-refractivity contribution in [1.29, 1.82) is 0 Å². The summed E-state index contributed by atoms with van der Waals surface area (Å²) in [5, 5.41) is 11.7. The molecule has 1 aliphatic heterocycles. The first-order valence-corrected chi connectivity index (χ1v) is 6.73. The summed E-state index contributed by atoms with van der Waals surface area (Å²) in [6.07, 6.45) is 0.576. The number of benzene rings is 1. The second kappa shape index (κ2) is 5.94. The normalized spacial score (nSPS) is 18.9. The van der Waals surface area contributed by atoms with E-state index in [0.29, 0.717) is 6.42 Å². The number of nitrogens with one attached hydrogen (secondary N) is 1. The van der Waals surface area contributed by atoms with Crippen molar-refractivity contribution in [3.05, 3.63) is 29.8 Å². The van der Waals surface area contributed by atoms with E-state index in [1.54, 1.807) is 13.8 Å².